The molecule has 0 bridgehead atoms. The van der Waals surface area contributed by atoms with Crippen LogP contribution < -0.4 is 14.9 Å². The van der Waals surface area contributed by atoms with Crippen molar-refractivity contribution in [3.8, 4) is 5.75 Å². The standard InChI is InChI=1S/C23H29ClFN3O6S/c1-14(26-15(2)29)10-11-28(35(32,33)17-7-8-19(25)18(24)13-17)20-12-16(6-9-21(20)30)27-22(31)34-23(3,4)5/h6-9,12-14,30H,10-11H2,1-5H3,(H,26,29)(H,27,31). The number of phenolic OH excluding ortho intramolecular Hbond substituents is 1. The molecule has 2 aromatic carbocycles. The largest absolute Gasteiger partial charge is 0.506 e. The van der Waals surface area contributed by atoms with Crippen LogP contribution >= 0.6 is 11.6 Å². The summed E-state index contributed by atoms with van der Waals surface area (Å²) in [6, 6.07) is 6.42. The maximum Gasteiger partial charge on any atom is 0.412 e. The number of hydrogen-bond acceptors (Lipinski definition) is 6. The van der Waals surface area contributed by atoms with Crippen LogP contribution in [0.4, 0.5) is 20.6 Å². The Morgan fingerprint density at radius 3 is 2.43 bits per heavy atom. The van der Waals surface area contributed by atoms with Crippen LogP contribution in [-0.2, 0) is 19.6 Å². The Labute approximate surface area is 209 Å². The normalized spacial score (nSPS) is 12.5. The monoisotopic (exact) mass is 529 g/mol. The van der Waals surface area contributed by atoms with Crippen molar-refractivity contribution < 1.29 is 32.2 Å². The molecule has 0 aliphatic heterocycles. The molecule has 0 aromatic heterocycles. The van der Waals surface area contributed by atoms with Crippen molar-refractivity contribution in [1.82, 2.24) is 5.32 Å². The van der Waals surface area contributed by atoms with Crippen molar-refractivity contribution in [1.29, 1.82) is 0 Å². The second kappa shape index (κ2) is 11.1. The molecule has 0 saturated carbocycles. The van der Waals surface area contributed by atoms with Crippen LogP contribution in [0.25, 0.3) is 0 Å². The molecule has 192 valence electrons. The average molecular weight is 530 g/mol. The van der Waals surface area contributed by atoms with Gasteiger partial charge in [-0.2, -0.15) is 0 Å². The summed E-state index contributed by atoms with van der Waals surface area (Å²) in [5.74, 6) is -1.46. The quantitative estimate of drug-likeness (QED) is 0.428. The smallest absolute Gasteiger partial charge is 0.412 e. The molecular weight excluding hydrogens is 501 g/mol. The van der Waals surface area contributed by atoms with E-state index in [0.717, 1.165) is 22.5 Å². The first-order valence-electron chi connectivity index (χ1n) is 10.7. The summed E-state index contributed by atoms with van der Waals surface area (Å²) in [5, 5.41) is 15.3. The van der Waals surface area contributed by atoms with E-state index in [2.05, 4.69) is 10.6 Å². The number of carbonyl (C=O) groups excluding carboxylic acids is 2. The van der Waals surface area contributed by atoms with E-state index >= 15 is 0 Å². The van der Waals surface area contributed by atoms with Crippen molar-refractivity contribution in [2.45, 2.75) is 57.6 Å². The summed E-state index contributed by atoms with van der Waals surface area (Å²) in [7, 11) is -4.35. The molecular formula is C23H29ClFN3O6S. The Morgan fingerprint density at radius 1 is 1.20 bits per heavy atom. The fourth-order valence-corrected chi connectivity index (χ4v) is 4.84. The number of carbonyl (C=O) groups is 2. The number of nitrogens with zero attached hydrogens (tertiary/aromatic N) is 1. The predicted molar refractivity (Wildman–Crippen MR) is 132 cm³/mol. The third-order valence-corrected chi connectivity index (χ3v) is 6.68. The number of sulfonamides is 1. The number of phenols is 1. The fourth-order valence-electron chi connectivity index (χ4n) is 3.09. The molecule has 0 aliphatic carbocycles. The number of anilines is 2. The third-order valence-electron chi connectivity index (χ3n) is 4.58. The molecule has 0 aliphatic rings. The fraction of sp³-hybridized carbons (Fsp3) is 0.391. The van der Waals surface area contributed by atoms with Gasteiger partial charge in [-0.3, -0.25) is 14.4 Å². The van der Waals surface area contributed by atoms with Gasteiger partial charge >= 0.3 is 6.09 Å². The van der Waals surface area contributed by atoms with Crippen LogP contribution in [-0.4, -0.2) is 43.7 Å². The van der Waals surface area contributed by atoms with Gasteiger partial charge in [0.2, 0.25) is 5.91 Å². The lowest BCUT2D eigenvalue weighted by Gasteiger charge is -2.27. The maximum atomic E-state index is 13.7. The number of rotatable bonds is 8. The van der Waals surface area contributed by atoms with Gasteiger partial charge in [0.05, 0.1) is 15.6 Å². The Kier molecular flexibility index (Phi) is 8.96. The van der Waals surface area contributed by atoms with E-state index in [1.165, 1.54) is 25.1 Å². The number of amides is 2. The molecule has 0 spiro atoms. The number of aromatic hydroxyl groups is 1. The van der Waals surface area contributed by atoms with Gasteiger partial charge in [-0.1, -0.05) is 11.6 Å². The van der Waals surface area contributed by atoms with Crippen molar-refractivity contribution >= 4 is 45.0 Å². The first-order valence-corrected chi connectivity index (χ1v) is 12.5. The van der Waals surface area contributed by atoms with Crippen molar-refractivity contribution in [3.63, 3.8) is 0 Å². The Bertz CT molecular complexity index is 1200. The van der Waals surface area contributed by atoms with Gasteiger partial charge in [-0.25, -0.2) is 17.6 Å². The van der Waals surface area contributed by atoms with E-state index in [1.54, 1.807) is 27.7 Å². The molecule has 0 heterocycles. The van der Waals surface area contributed by atoms with Crippen molar-refractivity contribution in [2.75, 3.05) is 16.2 Å². The van der Waals surface area contributed by atoms with Gasteiger partial charge in [0.15, 0.2) is 0 Å². The average Bonchev–Trinajstić information content (AvgIpc) is 2.70. The molecule has 2 amide bonds. The lowest BCUT2D eigenvalue weighted by Crippen LogP contribution is -2.37. The Balaban J connectivity index is 2.50. The highest BCUT2D eigenvalue weighted by atomic mass is 35.5. The molecule has 2 rings (SSSR count). The first-order chi connectivity index (χ1) is 16.1. The van der Waals surface area contributed by atoms with E-state index in [9.17, 15) is 27.5 Å². The number of halogens is 2. The molecule has 1 atom stereocenters. The molecule has 0 radical (unpaired) electrons. The second-order valence-corrected chi connectivity index (χ2v) is 11.1. The number of nitrogens with one attached hydrogen (secondary N) is 2. The van der Waals surface area contributed by atoms with E-state index < -0.39 is 33.6 Å². The van der Waals surface area contributed by atoms with Crippen LogP contribution in [0.15, 0.2) is 41.3 Å². The minimum absolute atomic E-state index is 0.144. The molecule has 2 aromatic rings. The van der Waals surface area contributed by atoms with Gasteiger partial charge in [-0.05, 0) is 70.5 Å². The molecule has 1 unspecified atom stereocenters. The highest BCUT2D eigenvalue weighted by Gasteiger charge is 2.29. The Hall–Kier alpha value is -3.05. The number of benzene rings is 2. The summed E-state index contributed by atoms with van der Waals surface area (Å²) in [6.07, 6.45) is -0.593. The zero-order chi connectivity index (χ0) is 26.6. The SMILES string of the molecule is CC(=O)NC(C)CCN(c1cc(NC(=O)OC(C)(C)C)ccc1O)S(=O)(=O)c1ccc(F)c(Cl)c1. The topological polar surface area (TPSA) is 125 Å². The maximum absolute atomic E-state index is 13.7. The molecule has 0 saturated heterocycles. The molecule has 35 heavy (non-hydrogen) atoms. The van der Waals surface area contributed by atoms with Crippen LogP contribution in [0.5, 0.6) is 5.75 Å². The first kappa shape index (κ1) is 28.2. The summed E-state index contributed by atoms with van der Waals surface area (Å²) in [5.41, 5.74) is -0.741. The van der Waals surface area contributed by atoms with Gasteiger partial charge in [0.1, 0.15) is 17.2 Å². The summed E-state index contributed by atoms with van der Waals surface area (Å²) in [4.78, 5) is 23.2. The van der Waals surface area contributed by atoms with Gasteiger partial charge < -0.3 is 15.2 Å². The van der Waals surface area contributed by atoms with Gasteiger partial charge in [0, 0.05) is 25.2 Å². The predicted octanol–water partition coefficient (Wildman–Crippen LogP) is 4.64. The van der Waals surface area contributed by atoms with E-state index in [-0.39, 0.29) is 45.9 Å². The highest BCUT2D eigenvalue weighted by Crippen LogP contribution is 2.35. The molecule has 12 heteroatoms. The second-order valence-electron chi connectivity index (χ2n) is 8.87. The van der Waals surface area contributed by atoms with E-state index in [1.807, 2.05) is 0 Å². The van der Waals surface area contributed by atoms with Gasteiger partial charge in [0.25, 0.3) is 10.0 Å². The minimum atomic E-state index is -4.35. The zero-order valence-electron chi connectivity index (χ0n) is 20.1. The van der Waals surface area contributed by atoms with Crippen molar-refractivity contribution in [3.05, 3.63) is 47.2 Å². The summed E-state index contributed by atoms with van der Waals surface area (Å²) < 4.78 is 46.9. The minimum Gasteiger partial charge on any atom is -0.506 e. The molecule has 9 nitrogen and oxygen atoms in total. The molecule has 3 N–H and O–H groups in total. The Morgan fingerprint density at radius 2 is 1.86 bits per heavy atom. The van der Waals surface area contributed by atoms with Crippen molar-refractivity contribution in [2.24, 2.45) is 0 Å². The molecule has 0 fully saturated rings. The lowest BCUT2D eigenvalue weighted by atomic mass is 10.2. The third kappa shape index (κ3) is 8.00. The van der Waals surface area contributed by atoms with Crippen LogP contribution in [0, 0.1) is 5.82 Å². The number of ether oxygens (including phenoxy) is 1. The lowest BCUT2D eigenvalue weighted by molar-refractivity contribution is -0.119. The summed E-state index contributed by atoms with van der Waals surface area (Å²) >= 11 is 5.81. The number of hydrogen-bond donors (Lipinski definition) is 3. The van der Waals surface area contributed by atoms with Gasteiger partial charge in [-0.15, -0.1) is 0 Å². The van der Waals surface area contributed by atoms with E-state index in [4.69, 9.17) is 16.3 Å². The summed E-state index contributed by atoms with van der Waals surface area (Å²) in [6.45, 7) is 7.93. The van der Waals surface area contributed by atoms with E-state index in [0.29, 0.717) is 0 Å². The van der Waals surface area contributed by atoms with Crippen LogP contribution in [0.1, 0.15) is 41.0 Å². The van der Waals surface area contributed by atoms with Crippen LogP contribution in [0.2, 0.25) is 5.02 Å². The highest BCUT2D eigenvalue weighted by molar-refractivity contribution is 7.92. The van der Waals surface area contributed by atoms with Crippen LogP contribution in [0.3, 0.4) is 0 Å². The zero-order valence-corrected chi connectivity index (χ0v) is 21.6.